The van der Waals surface area contributed by atoms with Gasteiger partial charge in [-0.05, 0) is 44.9 Å². The number of esters is 1. The molecule has 0 aromatic rings. The van der Waals surface area contributed by atoms with Crippen molar-refractivity contribution in [1.29, 1.82) is 0 Å². The van der Waals surface area contributed by atoms with Gasteiger partial charge in [-0.25, -0.2) is 0 Å². The summed E-state index contributed by atoms with van der Waals surface area (Å²) in [6, 6.07) is -0.705. The summed E-state index contributed by atoms with van der Waals surface area (Å²) in [5.74, 6) is -0.489. The molecule has 0 heterocycles. The standard InChI is InChI=1S/C57H105NO5/c1-4-7-10-13-16-19-22-25-28-30-33-36-39-42-45-48-53(63-57(62)50-47-44-41-38-35-32-29-26-23-20-17-14-11-8-5-2)51-56(61)58-54(52-59)55(60)49-46-43-40-37-34-31-27-24-21-18-15-12-9-6-3/h8,11,14,17,20,23,26,29,53-55,59-60H,4-7,9-10,12-13,15-16,18-19,21-22,24-25,27-28,30-52H2,1-3H3,(H,58,61)/b11-8+,17-14+,23-20+,29-26-. The van der Waals surface area contributed by atoms with Gasteiger partial charge in [-0.1, -0.05) is 268 Å². The first-order valence-corrected chi connectivity index (χ1v) is 27.4. The van der Waals surface area contributed by atoms with E-state index < -0.39 is 18.2 Å². The molecular formula is C57H105NO5. The third kappa shape index (κ3) is 46.2. The molecule has 6 heteroatoms. The summed E-state index contributed by atoms with van der Waals surface area (Å²) in [5.41, 5.74) is 0. The Balaban J connectivity index is 4.58. The number of carbonyl (C=O) groups is 2. The molecule has 0 saturated carbocycles. The van der Waals surface area contributed by atoms with Crippen molar-refractivity contribution in [3.05, 3.63) is 48.6 Å². The Morgan fingerprint density at radius 3 is 1.30 bits per heavy atom. The maximum Gasteiger partial charge on any atom is 0.306 e. The Morgan fingerprint density at radius 2 is 0.857 bits per heavy atom. The number of ether oxygens (including phenoxy) is 1. The van der Waals surface area contributed by atoms with E-state index in [1.165, 1.54) is 154 Å². The van der Waals surface area contributed by atoms with Gasteiger partial charge in [0.25, 0.3) is 0 Å². The predicted molar refractivity (Wildman–Crippen MR) is 273 cm³/mol. The molecule has 0 aliphatic carbocycles. The van der Waals surface area contributed by atoms with Gasteiger partial charge in [0.2, 0.25) is 5.91 Å². The fourth-order valence-corrected chi connectivity index (χ4v) is 8.38. The van der Waals surface area contributed by atoms with Crippen molar-refractivity contribution in [2.75, 3.05) is 6.61 Å². The van der Waals surface area contributed by atoms with E-state index in [9.17, 15) is 19.8 Å². The van der Waals surface area contributed by atoms with Gasteiger partial charge in [0.15, 0.2) is 0 Å². The van der Waals surface area contributed by atoms with Crippen molar-refractivity contribution < 1.29 is 24.5 Å². The largest absolute Gasteiger partial charge is 0.462 e. The normalized spacial score (nSPS) is 13.5. The Morgan fingerprint density at radius 1 is 0.476 bits per heavy atom. The lowest BCUT2D eigenvalue weighted by Crippen LogP contribution is -2.46. The third-order valence-corrected chi connectivity index (χ3v) is 12.5. The number of aliphatic hydroxyl groups excluding tert-OH is 2. The number of hydrogen-bond donors (Lipinski definition) is 3. The van der Waals surface area contributed by atoms with Crippen LogP contribution in [0.15, 0.2) is 48.6 Å². The van der Waals surface area contributed by atoms with E-state index in [1.807, 2.05) is 18.2 Å². The molecular weight excluding hydrogens is 779 g/mol. The fraction of sp³-hybridized carbons (Fsp3) is 0.825. The molecule has 63 heavy (non-hydrogen) atoms. The van der Waals surface area contributed by atoms with Crippen LogP contribution in [-0.4, -0.2) is 46.9 Å². The van der Waals surface area contributed by atoms with E-state index in [1.54, 1.807) is 0 Å². The number of amides is 1. The first-order chi connectivity index (χ1) is 31.0. The molecule has 0 radical (unpaired) electrons. The van der Waals surface area contributed by atoms with Gasteiger partial charge >= 0.3 is 5.97 Å². The topological polar surface area (TPSA) is 95.9 Å². The molecule has 0 spiro atoms. The highest BCUT2D eigenvalue weighted by atomic mass is 16.5. The SMILES string of the molecule is CC/C=C/C=C/C=C/C=C\CCCCCCCC(=O)OC(CCCCCCCCCCCCCCCCC)CC(=O)NC(CO)C(O)CCCCCCCCCCCCCCCC. The van der Waals surface area contributed by atoms with E-state index in [0.717, 1.165) is 77.0 Å². The summed E-state index contributed by atoms with van der Waals surface area (Å²) < 4.78 is 5.94. The summed E-state index contributed by atoms with van der Waals surface area (Å²) in [6.07, 6.45) is 61.7. The maximum atomic E-state index is 13.2. The zero-order valence-electron chi connectivity index (χ0n) is 42.0. The Bertz CT molecular complexity index is 1080. The minimum Gasteiger partial charge on any atom is -0.462 e. The molecule has 3 N–H and O–H groups in total. The van der Waals surface area contributed by atoms with Crippen LogP contribution in [0.2, 0.25) is 0 Å². The molecule has 0 saturated heterocycles. The smallest absolute Gasteiger partial charge is 0.306 e. The minimum atomic E-state index is -0.791. The van der Waals surface area contributed by atoms with Gasteiger partial charge in [-0.2, -0.15) is 0 Å². The lowest BCUT2D eigenvalue weighted by Gasteiger charge is -2.24. The number of carbonyl (C=O) groups excluding carboxylic acids is 2. The number of aliphatic hydroxyl groups is 2. The van der Waals surface area contributed by atoms with Gasteiger partial charge in [-0.15, -0.1) is 0 Å². The number of allylic oxidation sites excluding steroid dienone is 8. The number of unbranched alkanes of at least 4 members (excludes halogenated alkanes) is 32. The first kappa shape index (κ1) is 60.8. The van der Waals surface area contributed by atoms with Crippen LogP contribution in [0.1, 0.15) is 278 Å². The van der Waals surface area contributed by atoms with Gasteiger partial charge in [0.1, 0.15) is 6.10 Å². The second-order valence-electron chi connectivity index (χ2n) is 18.7. The number of hydrogen-bond acceptors (Lipinski definition) is 5. The molecule has 1 amide bonds. The van der Waals surface area contributed by atoms with Crippen LogP contribution < -0.4 is 5.32 Å². The highest BCUT2D eigenvalue weighted by Crippen LogP contribution is 2.19. The maximum absolute atomic E-state index is 13.2. The van der Waals surface area contributed by atoms with Crippen LogP contribution in [0.5, 0.6) is 0 Å². The summed E-state index contributed by atoms with van der Waals surface area (Å²) in [5, 5.41) is 23.8. The molecule has 0 aromatic carbocycles. The van der Waals surface area contributed by atoms with E-state index in [4.69, 9.17) is 4.74 Å². The quantitative estimate of drug-likeness (QED) is 0.0321. The van der Waals surface area contributed by atoms with Gasteiger partial charge < -0.3 is 20.3 Å². The molecule has 368 valence electrons. The van der Waals surface area contributed by atoms with Crippen molar-refractivity contribution in [1.82, 2.24) is 5.32 Å². The Labute approximate surface area is 391 Å². The minimum absolute atomic E-state index is 0.0708. The first-order valence-electron chi connectivity index (χ1n) is 27.4. The highest BCUT2D eigenvalue weighted by molar-refractivity contribution is 5.77. The predicted octanol–water partition coefficient (Wildman–Crippen LogP) is 16.6. The second kappa shape index (κ2) is 50.8. The summed E-state index contributed by atoms with van der Waals surface area (Å²) in [4.78, 5) is 26.2. The lowest BCUT2D eigenvalue weighted by molar-refractivity contribution is -0.151. The van der Waals surface area contributed by atoms with Crippen LogP contribution >= 0.6 is 0 Å². The zero-order chi connectivity index (χ0) is 45.9. The zero-order valence-corrected chi connectivity index (χ0v) is 42.0. The summed E-state index contributed by atoms with van der Waals surface area (Å²) in [7, 11) is 0. The van der Waals surface area contributed by atoms with Gasteiger partial charge in [0.05, 0.1) is 25.2 Å². The average Bonchev–Trinajstić information content (AvgIpc) is 3.28. The molecule has 6 nitrogen and oxygen atoms in total. The monoisotopic (exact) mass is 884 g/mol. The molecule has 0 aliphatic heterocycles. The molecule has 0 rings (SSSR count). The molecule has 0 aliphatic rings. The molecule has 3 unspecified atom stereocenters. The van der Waals surface area contributed by atoms with Gasteiger partial charge in [0, 0.05) is 6.42 Å². The van der Waals surface area contributed by atoms with Crippen LogP contribution in [0, 0.1) is 0 Å². The van der Waals surface area contributed by atoms with Crippen LogP contribution in [0.3, 0.4) is 0 Å². The van der Waals surface area contributed by atoms with Crippen molar-refractivity contribution >= 4 is 11.9 Å². The number of nitrogens with one attached hydrogen (secondary N) is 1. The summed E-state index contributed by atoms with van der Waals surface area (Å²) in [6.45, 7) is 6.37. The Hall–Kier alpha value is -2.18. The molecule has 0 bridgehead atoms. The molecule has 3 atom stereocenters. The summed E-state index contributed by atoms with van der Waals surface area (Å²) >= 11 is 0. The Kier molecular flexibility index (Phi) is 49.1. The lowest BCUT2D eigenvalue weighted by atomic mass is 10.0. The molecule has 0 aromatic heterocycles. The van der Waals surface area contributed by atoms with E-state index >= 15 is 0 Å². The number of rotatable bonds is 49. The highest BCUT2D eigenvalue weighted by Gasteiger charge is 2.24. The van der Waals surface area contributed by atoms with Crippen molar-refractivity contribution in [3.63, 3.8) is 0 Å². The van der Waals surface area contributed by atoms with Crippen LogP contribution in [0.4, 0.5) is 0 Å². The van der Waals surface area contributed by atoms with Crippen molar-refractivity contribution in [2.24, 2.45) is 0 Å². The van der Waals surface area contributed by atoms with E-state index in [0.29, 0.717) is 19.3 Å². The van der Waals surface area contributed by atoms with Crippen LogP contribution in [0.25, 0.3) is 0 Å². The van der Waals surface area contributed by atoms with E-state index in [2.05, 4.69) is 56.5 Å². The molecule has 0 fully saturated rings. The van der Waals surface area contributed by atoms with Crippen molar-refractivity contribution in [3.8, 4) is 0 Å². The second-order valence-corrected chi connectivity index (χ2v) is 18.7. The van der Waals surface area contributed by atoms with E-state index in [-0.39, 0.29) is 24.9 Å². The fourth-order valence-electron chi connectivity index (χ4n) is 8.38. The average molecular weight is 884 g/mol. The van der Waals surface area contributed by atoms with Crippen molar-refractivity contribution in [2.45, 2.75) is 296 Å². The third-order valence-electron chi connectivity index (χ3n) is 12.5. The van der Waals surface area contributed by atoms with Gasteiger partial charge in [-0.3, -0.25) is 9.59 Å². The van der Waals surface area contributed by atoms with Crippen LogP contribution in [-0.2, 0) is 14.3 Å².